The minimum atomic E-state index is -0.145. The number of carbonyl (C=O) groups excluding carboxylic acids is 1. The van der Waals surface area contributed by atoms with Crippen molar-refractivity contribution < 1.29 is 4.79 Å². The van der Waals surface area contributed by atoms with Crippen molar-refractivity contribution in [2.24, 2.45) is 0 Å². The Labute approximate surface area is 142 Å². The number of hydrogen-bond acceptors (Lipinski definition) is 3. The van der Waals surface area contributed by atoms with Gasteiger partial charge in [-0.05, 0) is 37.5 Å². The number of halogens is 1. The normalized spacial score (nSPS) is 13.8. The molecule has 0 spiro atoms. The molecule has 0 aliphatic heterocycles. The lowest BCUT2D eigenvalue weighted by Crippen LogP contribution is -2.27. The fourth-order valence-electron chi connectivity index (χ4n) is 2.30. The second kappa shape index (κ2) is 7.08. The van der Waals surface area contributed by atoms with Gasteiger partial charge in [0.15, 0.2) is 0 Å². The Hall–Kier alpha value is -1.95. The van der Waals surface area contributed by atoms with Crippen LogP contribution < -0.4 is 10.9 Å². The molecule has 2 aromatic rings. The third-order valence-corrected chi connectivity index (χ3v) is 4.25. The Morgan fingerprint density at radius 3 is 2.65 bits per heavy atom. The van der Waals surface area contributed by atoms with Gasteiger partial charge in [-0.15, -0.1) is 0 Å². The average molecular weight is 376 g/mol. The van der Waals surface area contributed by atoms with Crippen LogP contribution in [0.25, 0.3) is 11.3 Å². The van der Waals surface area contributed by atoms with Gasteiger partial charge in [0.25, 0.3) is 5.56 Å². The molecule has 1 N–H and O–H groups in total. The van der Waals surface area contributed by atoms with E-state index in [1.54, 1.807) is 6.07 Å². The highest BCUT2D eigenvalue weighted by Crippen LogP contribution is 2.19. The fraction of sp³-hybridized carbons (Fsp3) is 0.353. The molecule has 23 heavy (non-hydrogen) atoms. The Morgan fingerprint density at radius 2 is 1.96 bits per heavy atom. The van der Waals surface area contributed by atoms with Gasteiger partial charge in [-0.25, -0.2) is 4.68 Å². The summed E-state index contributed by atoms with van der Waals surface area (Å²) in [5, 5.41) is 7.35. The maximum Gasteiger partial charge on any atom is 0.266 e. The number of carbonyl (C=O) groups is 1. The Balaban J connectivity index is 1.64. The van der Waals surface area contributed by atoms with E-state index in [-0.39, 0.29) is 11.5 Å². The molecule has 1 saturated carbocycles. The largest absolute Gasteiger partial charge is 0.353 e. The summed E-state index contributed by atoms with van der Waals surface area (Å²) >= 11 is 3.40. The van der Waals surface area contributed by atoms with Crippen molar-refractivity contribution in [2.45, 2.75) is 38.3 Å². The molecule has 1 fully saturated rings. The van der Waals surface area contributed by atoms with Gasteiger partial charge in [-0.3, -0.25) is 9.59 Å². The molecular weight excluding hydrogens is 358 g/mol. The number of hydrogen-bond donors (Lipinski definition) is 1. The monoisotopic (exact) mass is 375 g/mol. The zero-order chi connectivity index (χ0) is 16.2. The lowest BCUT2D eigenvalue weighted by molar-refractivity contribution is -0.121. The summed E-state index contributed by atoms with van der Waals surface area (Å²) in [6.07, 6.45) is 3.20. The van der Waals surface area contributed by atoms with Crippen molar-refractivity contribution in [1.29, 1.82) is 0 Å². The zero-order valence-corrected chi connectivity index (χ0v) is 14.3. The standard InChI is InChI=1S/C17H18BrN3O2/c18-13-5-3-12(4-6-13)15-9-10-17(23)21(20-15)11-1-2-16(22)19-14-7-8-14/h3-6,9-10,14H,1-2,7-8,11H2,(H,19,22). The smallest absolute Gasteiger partial charge is 0.266 e. The van der Waals surface area contributed by atoms with E-state index in [1.807, 2.05) is 24.3 Å². The molecule has 1 amide bonds. The fourth-order valence-corrected chi connectivity index (χ4v) is 2.56. The molecule has 5 nitrogen and oxygen atoms in total. The average Bonchev–Trinajstić information content (AvgIpc) is 3.34. The molecule has 120 valence electrons. The van der Waals surface area contributed by atoms with Crippen LogP contribution in [0.5, 0.6) is 0 Å². The number of benzene rings is 1. The van der Waals surface area contributed by atoms with E-state index in [9.17, 15) is 9.59 Å². The van der Waals surface area contributed by atoms with Crippen molar-refractivity contribution in [3.63, 3.8) is 0 Å². The molecule has 0 atom stereocenters. The molecule has 6 heteroatoms. The molecule has 1 aliphatic rings. The lowest BCUT2D eigenvalue weighted by atomic mass is 10.1. The first-order valence-electron chi connectivity index (χ1n) is 7.75. The Morgan fingerprint density at radius 1 is 1.22 bits per heavy atom. The van der Waals surface area contributed by atoms with Crippen LogP contribution in [0.1, 0.15) is 25.7 Å². The Bertz CT molecular complexity index is 751. The van der Waals surface area contributed by atoms with Crippen molar-refractivity contribution >= 4 is 21.8 Å². The molecule has 1 aromatic heterocycles. The van der Waals surface area contributed by atoms with Crippen molar-refractivity contribution in [3.8, 4) is 11.3 Å². The van der Waals surface area contributed by atoms with E-state index in [0.717, 1.165) is 28.6 Å². The summed E-state index contributed by atoms with van der Waals surface area (Å²) in [7, 11) is 0. The summed E-state index contributed by atoms with van der Waals surface area (Å²) in [6, 6.07) is 11.4. The van der Waals surface area contributed by atoms with Crippen LogP contribution in [-0.2, 0) is 11.3 Å². The number of nitrogens with zero attached hydrogens (tertiary/aromatic N) is 2. The molecule has 1 aromatic carbocycles. The van der Waals surface area contributed by atoms with Crippen molar-refractivity contribution in [3.05, 3.63) is 51.2 Å². The third-order valence-electron chi connectivity index (χ3n) is 3.72. The number of amides is 1. The van der Waals surface area contributed by atoms with Gasteiger partial charge in [0.1, 0.15) is 0 Å². The van der Waals surface area contributed by atoms with E-state index < -0.39 is 0 Å². The lowest BCUT2D eigenvalue weighted by Gasteiger charge is -2.07. The van der Waals surface area contributed by atoms with Gasteiger partial charge < -0.3 is 5.32 Å². The van der Waals surface area contributed by atoms with Crippen LogP contribution in [0.4, 0.5) is 0 Å². The van der Waals surface area contributed by atoms with Gasteiger partial charge in [-0.2, -0.15) is 5.10 Å². The van der Waals surface area contributed by atoms with Gasteiger partial charge in [0.2, 0.25) is 5.91 Å². The zero-order valence-electron chi connectivity index (χ0n) is 12.7. The number of rotatable bonds is 6. The van der Waals surface area contributed by atoms with Crippen molar-refractivity contribution in [2.75, 3.05) is 0 Å². The van der Waals surface area contributed by atoms with Gasteiger partial charge in [-0.1, -0.05) is 28.1 Å². The van der Waals surface area contributed by atoms with Crippen LogP contribution in [-0.4, -0.2) is 21.7 Å². The number of nitrogens with one attached hydrogen (secondary N) is 1. The molecule has 0 radical (unpaired) electrons. The summed E-state index contributed by atoms with van der Waals surface area (Å²) in [5.74, 6) is 0.0598. The summed E-state index contributed by atoms with van der Waals surface area (Å²) in [4.78, 5) is 23.6. The van der Waals surface area contributed by atoms with Crippen LogP contribution in [0.15, 0.2) is 45.7 Å². The van der Waals surface area contributed by atoms with Crippen LogP contribution in [0.2, 0.25) is 0 Å². The first kappa shape index (κ1) is 15.9. The molecule has 0 saturated heterocycles. The van der Waals surface area contributed by atoms with Gasteiger partial charge in [0, 0.05) is 35.1 Å². The SMILES string of the molecule is O=C(CCCn1nc(-c2ccc(Br)cc2)ccc1=O)NC1CC1. The predicted molar refractivity (Wildman–Crippen MR) is 92.0 cm³/mol. The van der Waals surface area contributed by atoms with E-state index in [4.69, 9.17) is 0 Å². The molecule has 1 aliphatic carbocycles. The molecule has 1 heterocycles. The van der Waals surface area contributed by atoms with Gasteiger partial charge >= 0.3 is 0 Å². The molecule has 0 bridgehead atoms. The second-order valence-corrected chi connectivity index (χ2v) is 6.65. The topological polar surface area (TPSA) is 64.0 Å². The summed E-state index contributed by atoms with van der Waals surface area (Å²) in [5.41, 5.74) is 1.56. The van der Waals surface area contributed by atoms with E-state index in [1.165, 1.54) is 10.7 Å². The maximum atomic E-state index is 11.9. The highest BCUT2D eigenvalue weighted by atomic mass is 79.9. The first-order valence-corrected chi connectivity index (χ1v) is 8.54. The third kappa shape index (κ3) is 4.51. The van der Waals surface area contributed by atoms with Crippen LogP contribution in [0, 0.1) is 0 Å². The number of aromatic nitrogens is 2. The maximum absolute atomic E-state index is 11.9. The molecule has 0 unspecified atom stereocenters. The van der Waals surface area contributed by atoms with E-state index in [2.05, 4.69) is 26.3 Å². The molecular formula is C17H18BrN3O2. The van der Waals surface area contributed by atoms with E-state index >= 15 is 0 Å². The van der Waals surface area contributed by atoms with Gasteiger partial charge in [0.05, 0.1) is 5.69 Å². The highest BCUT2D eigenvalue weighted by Gasteiger charge is 2.22. The van der Waals surface area contributed by atoms with Crippen LogP contribution >= 0.6 is 15.9 Å². The second-order valence-electron chi connectivity index (χ2n) is 5.73. The van der Waals surface area contributed by atoms with Crippen molar-refractivity contribution in [1.82, 2.24) is 15.1 Å². The molecule has 3 rings (SSSR count). The summed E-state index contributed by atoms with van der Waals surface area (Å²) in [6.45, 7) is 0.446. The Kier molecular flexibility index (Phi) is 4.91. The highest BCUT2D eigenvalue weighted by molar-refractivity contribution is 9.10. The minimum absolute atomic E-state index is 0.0598. The predicted octanol–water partition coefficient (Wildman–Crippen LogP) is 2.73. The quantitative estimate of drug-likeness (QED) is 0.843. The number of aryl methyl sites for hydroxylation is 1. The first-order chi connectivity index (χ1) is 11.1. The van der Waals surface area contributed by atoms with E-state index in [0.29, 0.717) is 25.4 Å². The van der Waals surface area contributed by atoms with Crippen LogP contribution in [0.3, 0.4) is 0 Å². The minimum Gasteiger partial charge on any atom is -0.353 e. The summed E-state index contributed by atoms with van der Waals surface area (Å²) < 4.78 is 2.43.